The first-order chi connectivity index (χ1) is 12.7. The summed E-state index contributed by atoms with van der Waals surface area (Å²) in [5.74, 6) is 0.418. The highest BCUT2D eigenvalue weighted by atomic mass is 35.5. The summed E-state index contributed by atoms with van der Waals surface area (Å²) in [6, 6.07) is 23.9. The minimum atomic E-state index is -0.204. The van der Waals surface area contributed by atoms with Gasteiger partial charge >= 0.3 is 0 Å². The highest BCUT2D eigenvalue weighted by Crippen LogP contribution is 2.17. The van der Waals surface area contributed by atoms with Crippen molar-refractivity contribution < 1.29 is 9.53 Å². The number of para-hydroxylation sites is 1. The molecule has 0 aliphatic rings. The van der Waals surface area contributed by atoms with Gasteiger partial charge in [-0.1, -0.05) is 29.8 Å². The summed E-state index contributed by atoms with van der Waals surface area (Å²) >= 11 is 5.85. The van der Waals surface area contributed by atoms with Crippen LogP contribution in [0.25, 0.3) is 0 Å². The van der Waals surface area contributed by atoms with Gasteiger partial charge in [0.2, 0.25) is 0 Å². The largest absolute Gasteiger partial charge is 0.484 e. The van der Waals surface area contributed by atoms with Crippen LogP contribution in [0.2, 0.25) is 5.02 Å². The van der Waals surface area contributed by atoms with Gasteiger partial charge in [-0.25, -0.2) is 0 Å². The zero-order valence-corrected chi connectivity index (χ0v) is 14.7. The number of rotatable bonds is 6. The molecule has 0 atom stereocenters. The average Bonchev–Trinajstić information content (AvgIpc) is 2.67. The molecule has 0 fully saturated rings. The van der Waals surface area contributed by atoms with Crippen molar-refractivity contribution in [1.29, 1.82) is 0 Å². The molecule has 0 radical (unpaired) electrons. The van der Waals surface area contributed by atoms with Crippen LogP contribution in [0.3, 0.4) is 0 Å². The molecule has 0 heterocycles. The van der Waals surface area contributed by atoms with Crippen molar-refractivity contribution >= 4 is 35.1 Å². The lowest BCUT2D eigenvalue weighted by molar-refractivity contribution is -0.118. The smallest absolute Gasteiger partial charge is 0.262 e. The third-order valence-corrected chi connectivity index (χ3v) is 3.75. The number of nitrogens with zero attached hydrogens (tertiary/aromatic N) is 1. The molecule has 5 heteroatoms. The Hall–Kier alpha value is -3.11. The Bertz CT molecular complexity index is 876. The number of aliphatic imine (C=N–C) groups is 1. The van der Waals surface area contributed by atoms with E-state index in [-0.39, 0.29) is 12.5 Å². The summed E-state index contributed by atoms with van der Waals surface area (Å²) in [5, 5.41) is 3.45. The van der Waals surface area contributed by atoms with E-state index in [0.29, 0.717) is 10.8 Å². The van der Waals surface area contributed by atoms with Crippen LogP contribution in [0.15, 0.2) is 83.9 Å². The van der Waals surface area contributed by atoms with Crippen LogP contribution in [0.5, 0.6) is 5.75 Å². The lowest BCUT2D eigenvalue weighted by Gasteiger charge is -2.07. The molecule has 0 spiro atoms. The summed E-state index contributed by atoms with van der Waals surface area (Å²) in [6.45, 7) is -0.0485. The standard InChI is InChI=1S/C21H17ClN2O2/c22-17-8-10-18(11-9-17)23-14-16-6-12-20(13-7-16)26-15-21(25)24-19-4-2-1-3-5-19/h1-14H,15H2,(H,24,25). The van der Waals surface area contributed by atoms with E-state index >= 15 is 0 Å². The Balaban J connectivity index is 1.51. The second kappa shape index (κ2) is 8.83. The van der Waals surface area contributed by atoms with E-state index in [0.717, 1.165) is 16.9 Å². The molecule has 0 unspecified atom stereocenters. The minimum absolute atomic E-state index is 0.0485. The summed E-state index contributed by atoms with van der Waals surface area (Å²) in [5.41, 5.74) is 2.50. The van der Waals surface area contributed by atoms with Crippen LogP contribution in [0, 0.1) is 0 Å². The van der Waals surface area contributed by atoms with Crippen molar-refractivity contribution in [2.24, 2.45) is 4.99 Å². The molecule has 3 aromatic rings. The molecule has 0 aromatic heterocycles. The summed E-state index contributed by atoms with van der Waals surface area (Å²) in [6.07, 6.45) is 1.76. The second-order valence-electron chi connectivity index (χ2n) is 5.51. The predicted octanol–water partition coefficient (Wildman–Crippen LogP) is 5.11. The van der Waals surface area contributed by atoms with Crippen molar-refractivity contribution in [1.82, 2.24) is 0 Å². The first-order valence-electron chi connectivity index (χ1n) is 8.06. The van der Waals surface area contributed by atoms with Crippen molar-refractivity contribution in [2.75, 3.05) is 11.9 Å². The summed E-state index contributed by atoms with van der Waals surface area (Å²) in [7, 11) is 0. The molecule has 0 aliphatic heterocycles. The Morgan fingerprint density at radius 2 is 1.65 bits per heavy atom. The van der Waals surface area contributed by atoms with E-state index < -0.39 is 0 Å². The molecule has 4 nitrogen and oxygen atoms in total. The zero-order valence-electron chi connectivity index (χ0n) is 13.9. The number of carbonyl (C=O) groups is 1. The molecule has 0 bridgehead atoms. The highest BCUT2D eigenvalue weighted by Gasteiger charge is 2.03. The normalized spacial score (nSPS) is 10.7. The van der Waals surface area contributed by atoms with E-state index in [4.69, 9.17) is 16.3 Å². The molecule has 1 N–H and O–H groups in total. The van der Waals surface area contributed by atoms with Crippen molar-refractivity contribution in [3.05, 3.63) is 89.4 Å². The summed E-state index contributed by atoms with van der Waals surface area (Å²) < 4.78 is 5.50. The zero-order chi connectivity index (χ0) is 18.2. The number of carbonyl (C=O) groups excluding carboxylic acids is 1. The maximum atomic E-state index is 11.9. The van der Waals surface area contributed by atoms with Crippen LogP contribution < -0.4 is 10.1 Å². The van der Waals surface area contributed by atoms with Gasteiger partial charge < -0.3 is 10.1 Å². The fourth-order valence-electron chi connectivity index (χ4n) is 2.19. The van der Waals surface area contributed by atoms with E-state index in [9.17, 15) is 4.79 Å². The number of nitrogens with one attached hydrogen (secondary N) is 1. The molecular formula is C21H17ClN2O2. The quantitative estimate of drug-likeness (QED) is 0.618. The lowest BCUT2D eigenvalue weighted by Crippen LogP contribution is -2.20. The molecule has 130 valence electrons. The third kappa shape index (κ3) is 5.46. The maximum Gasteiger partial charge on any atom is 0.262 e. The molecule has 1 amide bonds. The monoisotopic (exact) mass is 364 g/mol. The Kier molecular flexibility index (Phi) is 6.01. The topological polar surface area (TPSA) is 50.7 Å². The van der Waals surface area contributed by atoms with Crippen molar-refractivity contribution in [2.45, 2.75) is 0 Å². The highest BCUT2D eigenvalue weighted by molar-refractivity contribution is 6.30. The molecule has 3 aromatic carbocycles. The molecular weight excluding hydrogens is 348 g/mol. The van der Waals surface area contributed by atoms with E-state index in [1.54, 1.807) is 30.5 Å². The van der Waals surface area contributed by atoms with E-state index in [1.165, 1.54) is 0 Å². The fraction of sp³-hybridized carbons (Fsp3) is 0.0476. The van der Waals surface area contributed by atoms with E-state index in [2.05, 4.69) is 10.3 Å². The number of halogens is 1. The maximum absolute atomic E-state index is 11.9. The van der Waals surface area contributed by atoms with Crippen molar-refractivity contribution in [3.8, 4) is 5.75 Å². The Labute approximate surface area is 157 Å². The van der Waals surface area contributed by atoms with Crippen LogP contribution in [-0.4, -0.2) is 18.7 Å². The van der Waals surface area contributed by atoms with Gasteiger partial charge in [-0.3, -0.25) is 9.79 Å². The fourth-order valence-corrected chi connectivity index (χ4v) is 2.32. The predicted molar refractivity (Wildman–Crippen MR) is 106 cm³/mol. The number of ether oxygens (including phenoxy) is 1. The second-order valence-corrected chi connectivity index (χ2v) is 5.94. The van der Waals surface area contributed by atoms with Crippen LogP contribution in [0.1, 0.15) is 5.56 Å². The SMILES string of the molecule is O=C(COc1ccc(C=Nc2ccc(Cl)cc2)cc1)Nc1ccccc1. The van der Waals surface area contributed by atoms with Gasteiger partial charge in [0.25, 0.3) is 5.91 Å². The van der Waals surface area contributed by atoms with Gasteiger partial charge in [0.05, 0.1) is 5.69 Å². The van der Waals surface area contributed by atoms with Crippen molar-refractivity contribution in [3.63, 3.8) is 0 Å². The first-order valence-corrected chi connectivity index (χ1v) is 8.44. The summed E-state index contributed by atoms with van der Waals surface area (Å²) in [4.78, 5) is 16.2. The van der Waals surface area contributed by atoms with Crippen LogP contribution >= 0.6 is 11.6 Å². The molecule has 0 saturated heterocycles. The Morgan fingerprint density at radius 3 is 2.35 bits per heavy atom. The van der Waals surface area contributed by atoms with Crippen LogP contribution in [0.4, 0.5) is 11.4 Å². The number of anilines is 1. The number of benzene rings is 3. The molecule has 26 heavy (non-hydrogen) atoms. The Morgan fingerprint density at radius 1 is 0.962 bits per heavy atom. The first kappa shape index (κ1) is 17.7. The number of hydrogen-bond acceptors (Lipinski definition) is 3. The molecule has 0 saturated carbocycles. The third-order valence-electron chi connectivity index (χ3n) is 3.50. The van der Waals surface area contributed by atoms with Gasteiger partial charge in [0, 0.05) is 16.9 Å². The van der Waals surface area contributed by atoms with Gasteiger partial charge in [0.15, 0.2) is 6.61 Å². The van der Waals surface area contributed by atoms with Gasteiger partial charge in [-0.2, -0.15) is 0 Å². The van der Waals surface area contributed by atoms with Crippen LogP contribution in [-0.2, 0) is 4.79 Å². The number of amides is 1. The molecule has 0 aliphatic carbocycles. The number of hydrogen-bond donors (Lipinski definition) is 1. The van der Waals surface area contributed by atoms with Gasteiger partial charge in [0.1, 0.15) is 5.75 Å². The van der Waals surface area contributed by atoms with Gasteiger partial charge in [-0.15, -0.1) is 0 Å². The van der Waals surface area contributed by atoms with E-state index in [1.807, 2.05) is 54.6 Å². The lowest BCUT2D eigenvalue weighted by atomic mass is 10.2. The van der Waals surface area contributed by atoms with Gasteiger partial charge in [-0.05, 0) is 66.2 Å². The minimum Gasteiger partial charge on any atom is -0.484 e. The average molecular weight is 365 g/mol. The molecule has 3 rings (SSSR count).